The van der Waals surface area contributed by atoms with Crippen molar-refractivity contribution in [3.63, 3.8) is 0 Å². The Labute approximate surface area is 198 Å². The van der Waals surface area contributed by atoms with Gasteiger partial charge in [0.25, 0.3) is 5.56 Å². The zero-order valence-electron chi connectivity index (χ0n) is 18.3. The number of H-pyrrole nitrogens is 2. The van der Waals surface area contributed by atoms with Crippen molar-refractivity contribution in [1.82, 2.24) is 30.0 Å². The molecule has 0 unspecified atom stereocenters. The van der Waals surface area contributed by atoms with Gasteiger partial charge in [-0.25, -0.2) is 4.79 Å². The molecular formula is C23H22N6O4S. The van der Waals surface area contributed by atoms with E-state index in [-0.39, 0.29) is 18.1 Å². The minimum absolute atomic E-state index is 0.140. The van der Waals surface area contributed by atoms with E-state index in [4.69, 9.17) is 4.74 Å². The van der Waals surface area contributed by atoms with Crippen LogP contribution in [-0.4, -0.2) is 43.5 Å². The van der Waals surface area contributed by atoms with Crippen LogP contribution in [0.2, 0.25) is 0 Å². The van der Waals surface area contributed by atoms with Crippen molar-refractivity contribution in [2.24, 2.45) is 0 Å². The first-order valence-electron chi connectivity index (χ1n) is 10.4. The van der Waals surface area contributed by atoms with Gasteiger partial charge in [0.2, 0.25) is 5.91 Å². The molecule has 4 rings (SSSR count). The van der Waals surface area contributed by atoms with Crippen molar-refractivity contribution in [2.45, 2.75) is 18.1 Å². The highest BCUT2D eigenvalue weighted by atomic mass is 32.2. The smallest absolute Gasteiger partial charge is 0.325 e. The van der Waals surface area contributed by atoms with Crippen molar-refractivity contribution in [3.05, 3.63) is 98.6 Å². The number of methoxy groups -OCH3 is 1. The largest absolute Gasteiger partial charge is 0.497 e. The molecule has 0 bridgehead atoms. The third kappa shape index (κ3) is 5.81. The fourth-order valence-corrected chi connectivity index (χ4v) is 4.06. The molecule has 3 N–H and O–H groups in total. The molecule has 11 heteroatoms. The number of thioether (sulfide) groups is 1. The van der Waals surface area contributed by atoms with E-state index in [0.717, 1.165) is 11.3 Å². The Balaban J connectivity index is 1.55. The molecule has 34 heavy (non-hydrogen) atoms. The molecule has 0 atom stereocenters. The number of nitrogens with zero attached hydrogens (tertiary/aromatic N) is 3. The van der Waals surface area contributed by atoms with E-state index in [1.807, 2.05) is 42.5 Å². The number of benzene rings is 2. The predicted molar refractivity (Wildman–Crippen MR) is 127 cm³/mol. The SMILES string of the molecule is COc1ccc(-n2c(Cc3cc(=O)[nH]c(=O)[nH]3)nnc2SCC(=O)NCc2ccccc2)cc1. The fourth-order valence-electron chi connectivity index (χ4n) is 3.26. The van der Waals surface area contributed by atoms with Crippen LogP contribution < -0.4 is 21.3 Å². The van der Waals surface area contributed by atoms with Crippen LogP contribution in [0.25, 0.3) is 5.69 Å². The first kappa shape index (κ1) is 23.1. The maximum Gasteiger partial charge on any atom is 0.325 e. The second kappa shape index (κ2) is 10.7. The fraction of sp³-hybridized carbons (Fsp3) is 0.174. The summed E-state index contributed by atoms with van der Waals surface area (Å²) in [5.41, 5.74) is 1.06. The number of amides is 1. The van der Waals surface area contributed by atoms with Gasteiger partial charge in [-0.1, -0.05) is 42.1 Å². The van der Waals surface area contributed by atoms with Gasteiger partial charge in [-0.2, -0.15) is 0 Å². The molecule has 174 valence electrons. The lowest BCUT2D eigenvalue weighted by atomic mass is 10.2. The second-order valence-corrected chi connectivity index (χ2v) is 8.22. The number of carbonyl (C=O) groups is 1. The van der Waals surface area contributed by atoms with Crippen LogP contribution in [0.15, 0.2) is 75.4 Å². The Morgan fingerprint density at radius 2 is 1.82 bits per heavy atom. The van der Waals surface area contributed by atoms with Crippen LogP contribution >= 0.6 is 11.8 Å². The topological polar surface area (TPSA) is 135 Å². The van der Waals surface area contributed by atoms with E-state index < -0.39 is 11.2 Å². The minimum Gasteiger partial charge on any atom is -0.497 e. The van der Waals surface area contributed by atoms with E-state index in [1.54, 1.807) is 23.8 Å². The number of rotatable bonds is 9. The highest BCUT2D eigenvalue weighted by molar-refractivity contribution is 7.99. The monoisotopic (exact) mass is 478 g/mol. The molecule has 0 saturated heterocycles. The summed E-state index contributed by atoms with van der Waals surface area (Å²) in [4.78, 5) is 40.5. The first-order valence-corrected chi connectivity index (χ1v) is 11.3. The standard InChI is InChI=1S/C23H22N6O4S/c1-33-18-9-7-17(8-10-18)29-19(11-16-12-20(30)26-22(32)25-16)27-28-23(29)34-14-21(31)24-13-15-5-3-2-4-6-15/h2-10,12H,11,13-14H2,1H3,(H,24,31)(H2,25,26,30,32). The average Bonchev–Trinajstić information content (AvgIpc) is 3.23. The molecule has 0 fully saturated rings. The molecule has 2 aromatic carbocycles. The van der Waals surface area contributed by atoms with Crippen molar-refractivity contribution >= 4 is 17.7 Å². The zero-order chi connectivity index (χ0) is 23.9. The maximum absolute atomic E-state index is 12.4. The highest BCUT2D eigenvalue weighted by Gasteiger charge is 2.17. The third-order valence-corrected chi connectivity index (χ3v) is 5.79. The lowest BCUT2D eigenvalue weighted by molar-refractivity contribution is -0.118. The summed E-state index contributed by atoms with van der Waals surface area (Å²) in [6.45, 7) is 0.437. The molecule has 0 aliphatic heterocycles. The maximum atomic E-state index is 12.4. The Bertz CT molecular complexity index is 1350. The predicted octanol–water partition coefficient (Wildman–Crippen LogP) is 1.65. The van der Waals surface area contributed by atoms with Gasteiger partial charge in [0.1, 0.15) is 11.6 Å². The van der Waals surface area contributed by atoms with Crippen molar-refractivity contribution in [2.75, 3.05) is 12.9 Å². The zero-order valence-corrected chi connectivity index (χ0v) is 19.1. The van der Waals surface area contributed by atoms with E-state index in [9.17, 15) is 14.4 Å². The summed E-state index contributed by atoms with van der Waals surface area (Å²) in [5.74, 6) is 1.19. The number of aromatic amines is 2. The van der Waals surface area contributed by atoms with Crippen LogP contribution in [-0.2, 0) is 17.8 Å². The molecule has 2 heterocycles. The molecular weight excluding hydrogens is 456 g/mol. The summed E-state index contributed by atoms with van der Waals surface area (Å²) in [7, 11) is 1.58. The summed E-state index contributed by atoms with van der Waals surface area (Å²) < 4.78 is 7.02. The van der Waals surface area contributed by atoms with E-state index >= 15 is 0 Å². The molecule has 4 aromatic rings. The lowest BCUT2D eigenvalue weighted by Gasteiger charge is -2.11. The van der Waals surface area contributed by atoms with Crippen LogP contribution in [0, 0.1) is 0 Å². The van der Waals surface area contributed by atoms with Gasteiger partial charge in [-0.15, -0.1) is 10.2 Å². The Morgan fingerprint density at radius 1 is 1.06 bits per heavy atom. The van der Waals surface area contributed by atoms with Gasteiger partial charge in [0.15, 0.2) is 5.16 Å². The van der Waals surface area contributed by atoms with Crippen molar-refractivity contribution < 1.29 is 9.53 Å². The second-order valence-electron chi connectivity index (χ2n) is 7.27. The first-order chi connectivity index (χ1) is 16.5. The van der Waals surface area contributed by atoms with E-state index in [2.05, 4.69) is 25.5 Å². The molecule has 0 aliphatic carbocycles. The van der Waals surface area contributed by atoms with Gasteiger partial charge in [-0.3, -0.25) is 19.1 Å². The molecule has 0 saturated carbocycles. The highest BCUT2D eigenvalue weighted by Crippen LogP contribution is 2.24. The Hall–Kier alpha value is -4.12. The molecule has 0 aliphatic rings. The van der Waals surface area contributed by atoms with Crippen LogP contribution in [0.3, 0.4) is 0 Å². The normalized spacial score (nSPS) is 10.7. The summed E-state index contributed by atoms with van der Waals surface area (Å²) in [6, 6.07) is 18.2. The molecule has 0 spiro atoms. The number of nitrogens with one attached hydrogen (secondary N) is 3. The summed E-state index contributed by atoms with van der Waals surface area (Å²) in [5, 5.41) is 11.9. The Morgan fingerprint density at radius 3 is 2.53 bits per heavy atom. The number of hydrogen-bond donors (Lipinski definition) is 3. The lowest BCUT2D eigenvalue weighted by Crippen LogP contribution is -2.24. The molecule has 0 radical (unpaired) electrons. The van der Waals surface area contributed by atoms with Gasteiger partial charge in [0, 0.05) is 30.4 Å². The van der Waals surface area contributed by atoms with Gasteiger partial charge in [-0.05, 0) is 29.8 Å². The Kier molecular flexibility index (Phi) is 7.23. The summed E-state index contributed by atoms with van der Waals surface area (Å²) >= 11 is 1.24. The van der Waals surface area contributed by atoms with Gasteiger partial charge < -0.3 is 15.0 Å². The number of aromatic nitrogens is 5. The number of carbonyl (C=O) groups excluding carboxylic acids is 1. The minimum atomic E-state index is -0.595. The van der Waals surface area contributed by atoms with E-state index in [1.165, 1.54) is 17.8 Å². The van der Waals surface area contributed by atoms with E-state index in [0.29, 0.717) is 29.0 Å². The van der Waals surface area contributed by atoms with Crippen LogP contribution in [0.1, 0.15) is 17.1 Å². The quantitative estimate of drug-likeness (QED) is 0.311. The van der Waals surface area contributed by atoms with Crippen LogP contribution in [0.4, 0.5) is 0 Å². The van der Waals surface area contributed by atoms with Gasteiger partial charge >= 0.3 is 5.69 Å². The van der Waals surface area contributed by atoms with Crippen LogP contribution in [0.5, 0.6) is 5.75 Å². The van der Waals surface area contributed by atoms with Crippen molar-refractivity contribution in [3.8, 4) is 11.4 Å². The summed E-state index contributed by atoms with van der Waals surface area (Å²) in [6.07, 6.45) is 0.166. The number of ether oxygens (including phenoxy) is 1. The number of hydrogen-bond acceptors (Lipinski definition) is 7. The molecule has 1 amide bonds. The van der Waals surface area contributed by atoms with Gasteiger partial charge in [0.05, 0.1) is 12.9 Å². The average molecular weight is 479 g/mol. The van der Waals surface area contributed by atoms with Crippen molar-refractivity contribution in [1.29, 1.82) is 0 Å². The third-order valence-electron chi connectivity index (χ3n) is 4.86. The molecule has 2 aromatic heterocycles. The molecule has 10 nitrogen and oxygen atoms in total.